The zero-order valence-electron chi connectivity index (χ0n) is 31.8. The minimum absolute atomic E-state index is 0. The van der Waals surface area contributed by atoms with E-state index in [9.17, 15) is 47.3 Å². The summed E-state index contributed by atoms with van der Waals surface area (Å²) < 4.78 is 131. The van der Waals surface area contributed by atoms with Crippen LogP contribution >= 0.6 is 0 Å². The fourth-order valence-corrected chi connectivity index (χ4v) is 9.46. The second-order valence-electron chi connectivity index (χ2n) is 14.1. The molecule has 0 aliphatic carbocycles. The smallest absolute Gasteiger partial charge is 0.748 e. The van der Waals surface area contributed by atoms with Gasteiger partial charge in [0.15, 0.2) is 5.71 Å². The minimum atomic E-state index is -4.64. The number of unbranched alkanes of at least 4 members (excludes halogenated alkanes) is 2. The van der Waals surface area contributed by atoms with Gasteiger partial charge >= 0.3 is 59.1 Å². The molecule has 2 aromatic rings. The Balaban J connectivity index is 0.00000504. The van der Waals surface area contributed by atoms with Crippen LogP contribution in [0.1, 0.15) is 70.1 Å². The van der Waals surface area contributed by atoms with E-state index in [0.717, 1.165) is 28.2 Å². The van der Waals surface area contributed by atoms with E-state index < -0.39 is 75.0 Å². The van der Waals surface area contributed by atoms with Crippen LogP contribution in [0.3, 0.4) is 0 Å². The van der Waals surface area contributed by atoms with E-state index in [2.05, 4.69) is 29.5 Å². The molecule has 4 rings (SSSR count). The Hall–Kier alpha value is -0.970. The molecular weight excluding hydrogens is 801 g/mol. The summed E-state index contributed by atoms with van der Waals surface area (Å²) in [6, 6.07) is 10.6. The Labute approximate surface area is 364 Å². The molecule has 0 bridgehead atoms. The van der Waals surface area contributed by atoms with Crippen molar-refractivity contribution in [1.29, 1.82) is 0 Å². The van der Waals surface area contributed by atoms with Crippen LogP contribution in [0.4, 0.5) is 11.4 Å². The van der Waals surface area contributed by atoms with Crippen LogP contribution in [0.5, 0.6) is 0 Å². The first-order chi connectivity index (χ1) is 23.8. The summed E-state index contributed by atoms with van der Waals surface area (Å²) in [4.78, 5) is 1.99. The van der Waals surface area contributed by atoms with Gasteiger partial charge in [0.25, 0.3) is 0 Å². The van der Waals surface area contributed by atoms with Crippen LogP contribution in [-0.4, -0.2) is 94.5 Å². The van der Waals surface area contributed by atoms with E-state index in [1.165, 1.54) is 12.1 Å². The van der Waals surface area contributed by atoms with Crippen molar-refractivity contribution in [3.8, 4) is 0 Å². The molecule has 14 nitrogen and oxygen atoms in total. The molecule has 1 N–H and O–H groups in total. The average Bonchev–Trinajstić information content (AvgIpc) is 3.33. The van der Waals surface area contributed by atoms with Crippen LogP contribution in [0.2, 0.25) is 0 Å². The normalized spacial score (nSPS) is 17.4. The van der Waals surface area contributed by atoms with Crippen molar-refractivity contribution in [2.45, 2.75) is 76.0 Å². The molecule has 0 fully saturated rings. The number of nitrogens with zero attached hydrogens (tertiary/aromatic N) is 2. The third-order valence-electron chi connectivity index (χ3n) is 9.43. The van der Waals surface area contributed by atoms with Gasteiger partial charge in [0.1, 0.15) is 6.54 Å². The Morgan fingerprint density at radius 3 is 1.93 bits per heavy atom. The fraction of sp³-hybridized carbons (Fsp3) is 0.500. The van der Waals surface area contributed by atoms with Crippen LogP contribution in [0, 0.1) is 6.92 Å². The molecule has 288 valence electrons. The molecular formula is C34H45N3Na2O11S4. The van der Waals surface area contributed by atoms with Gasteiger partial charge in [-0.05, 0) is 69.9 Å². The molecule has 0 unspecified atom stereocenters. The summed E-state index contributed by atoms with van der Waals surface area (Å²) in [5, 5.41) is 0. The number of allylic oxidation sites excluding steroid dienone is 4. The first-order valence-corrected chi connectivity index (χ1v) is 22.9. The van der Waals surface area contributed by atoms with Gasteiger partial charge in [0.2, 0.25) is 15.7 Å². The number of aryl methyl sites for hydroxylation is 1. The molecule has 54 heavy (non-hydrogen) atoms. The van der Waals surface area contributed by atoms with Gasteiger partial charge in [-0.2, -0.15) is 4.58 Å². The van der Waals surface area contributed by atoms with Gasteiger partial charge in [-0.15, -0.1) is 0 Å². The number of nitrogens with one attached hydrogen (secondary N) is 1. The molecule has 2 aromatic carbocycles. The van der Waals surface area contributed by atoms with Crippen molar-refractivity contribution in [3.05, 3.63) is 77.0 Å². The molecule has 0 amide bonds. The van der Waals surface area contributed by atoms with Crippen molar-refractivity contribution >= 4 is 57.5 Å². The average molecular weight is 846 g/mol. The molecule has 0 saturated heterocycles. The van der Waals surface area contributed by atoms with E-state index in [1.807, 2.05) is 55.7 Å². The van der Waals surface area contributed by atoms with E-state index >= 15 is 0 Å². The third-order valence-corrected chi connectivity index (χ3v) is 13.2. The number of rotatable bonds is 17. The van der Waals surface area contributed by atoms with Gasteiger partial charge in [-0.1, -0.05) is 37.6 Å². The number of benzene rings is 2. The van der Waals surface area contributed by atoms with Crippen LogP contribution in [0.15, 0.2) is 65.2 Å². The maximum Gasteiger partial charge on any atom is 1.00 e. The van der Waals surface area contributed by atoms with Crippen LogP contribution in [0.25, 0.3) is 0 Å². The predicted molar refractivity (Wildman–Crippen MR) is 195 cm³/mol. The fourth-order valence-electron chi connectivity index (χ4n) is 6.81. The van der Waals surface area contributed by atoms with E-state index in [1.54, 1.807) is 6.07 Å². The van der Waals surface area contributed by atoms with Crippen LogP contribution in [-0.2, 0) is 51.2 Å². The maximum absolute atomic E-state index is 13.1. The topological polar surface area (TPSA) is 224 Å². The van der Waals surface area contributed by atoms with Gasteiger partial charge < -0.3 is 18.6 Å². The minimum Gasteiger partial charge on any atom is -0.748 e. The maximum atomic E-state index is 13.1. The summed E-state index contributed by atoms with van der Waals surface area (Å²) in [6.45, 7) is 10.2. The number of anilines is 1. The molecule has 2 aliphatic heterocycles. The molecule has 20 heteroatoms. The summed E-state index contributed by atoms with van der Waals surface area (Å²) in [7, 11) is -17.6. The SMILES string of the molecule is Cc1ccc2c(c1)C(C)(C)/C(=C\C=CC1=[N+](CCCCS(=O)(=O)[O-])c3ccc(S(=O)(=O)NCCS(=O)(=O)[O-])cc3C1(C)C)N2CCCCS(=O)(=O)[O-].[Na+].[Na+]. The van der Waals surface area contributed by atoms with Gasteiger partial charge in [-0.25, -0.2) is 38.4 Å². The summed E-state index contributed by atoms with van der Waals surface area (Å²) >= 11 is 0. The van der Waals surface area contributed by atoms with Crippen molar-refractivity contribution in [1.82, 2.24) is 4.72 Å². The number of fused-ring (bicyclic) bond motifs is 2. The first kappa shape index (κ1) is 49.2. The molecule has 0 atom stereocenters. The first-order valence-electron chi connectivity index (χ1n) is 16.7. The van der Waals surface area contributed by atoms with Gasteiger partial charge in [-0.3, -0.25) is 0 Å². The molecule has 2 aliphatic rings. The van der Waals surface area contributed by atoms with Crippen molar-refractivity contribution in [3.63, 3.8) is 0 Å². The van der Waals surface area contributed by atoms with Crippen molar-refractivity contribution in [2.75, 3.05) is 41.8 Å². The Bertz CT molecular complexity index is 2250. The zero-order chi connectivity index (χ0) is 38.9. The quantitative estimate of drug-likeness (QED) is 0.0733. The van der Waals surface area contributed by atoms with E-state index in [0.29, 0.717) is 37.2 Å². The monoisotopic (exact) mass is 845 g/mol. The summed E-state index contributed by atoms with van der Waals surface area (Å²) in [6.07, 6.45) is 6.89. The van der Waals surface area contributed by atoms with Gasteiger partial charge in [0.05, 0.1) is 46.4 Å². The number of hydrogen-bond donors (Lipinski definition) is 1. The molecule has 0 radical (unpaired) electrons. The van der Waals surface area contributed by atoms with E-state index in [4.69, 9.17) is 0 Å². The Morgan fingerprint density at radius 1 is 0.741 bits per heavy atom. The summed E-state index contributed by atoms with van der Waals surface area (Å²) in [5.74, 6) is -1.88. The third kappa shape index (κ3) is 12.5. The molecule has 0 saturated carbocycles. The largest absolute Gasteiger partial charge is 1.00 e. The standard InChI is InChI=1S/C34H47N3O11S4.2Na/c1-25-13-15-29-27(23-25)33(2,3)31(36(29)18-6-8-20-49(38,39)40)11-10-12-32-34(4,5)28-24-26(52(47,48)35-17-22-51(44,45)46)14-16-30(28)37(32)19-7-9-21-50(41,42)43;;/h10-16,23-24,35H,6-9,17-22H2,1-5H3,(H2-,38,39,40,41,42,43,44,45,46);;/q;2*+1/p-2. The molecule has 0 aromatic heterocycles. The predicted octanol–water partition coefficient (Wildman–Crippen LogP) is -2.91. The van der Waals surface area contributed by atoms with Crippen molar-refractivity contribution < 1.29 is 111 Å². The molecule has 2 heterocycles. The Morgan fingerprint density at radius 2 is 1.33 bits per heavy atom. The number of sulfonamides is 1. The zero-order valence-corrected chi connectivity index (χ0v) is 39.1. The van der Waals surface area contributed by atoms with Crippen molar-refractivity contribution in [2.24, 2.45) is 0 Å². The van der Waals surface area contributed by atoms with Gasteiger partial charge in [0, 0.05) is 65.5 Å². The van der Waals surface area contributed by atoms with E-state index in [-0.39, 0.29) is 76.9 Å². The second-order valence-corrected chi connectivity index (χ2v) is 20.5. The Kier molecular flexibility index (Phi) is 17.1. The summed E-state index contributed by atoms with van der Waals surface area (Å²) in [5.41, 5.74) is 4.93. The second kappa shape index (κ2) is 18.7. The van der Waals surface area contributed by atoms with Crippen LogP contribution < -0.4 is 68.7 Å². The number of hydrogen-bond acceptors (Lipinski definition) is 12. The molecule has 0 spiro atoms.